The van der Waals surface area contributed by atoms with Crippen molar-refractivity contribution in [3.8, 4) is 11.8 Å². The molecular weight excluding hydrogens is 273 g/mol. The Bertz CT molecular complexity index is 356. The number of alkyl halides is 1. The van der Waals surface area contributed by atoms with Gasteiger partial charge in [-0.2, -0.15) is 0 Å². The first-order valence-electron chi connectivity index (χ1n) is 3.44. The molecule has 0 atom stereocenters. The minimum absolute atomic E-state index is 0.396. The first kappa shape index (κ1) is 10.7. The first-order valence-corrected chi connectivity index (χ1v) is 5.32. The lowest BCUT2D eigenvalue weighted by molar-refractivity contribution is 1.63. The zero-order valence-electron chi connectivity index (χ0n) is 6.57. The molecule has 0 aliphatic carbocycles. The number of rotatable bonds is 0. The van der Waals surface area contributed by atoms with Crippen LogP contribution in [0.25, 0.3) is 0 Å². The van der Waals surface area contributed by atoms with Crippen LogP contribution in [0.15, 0.2) is 12.1 Å². The Morgan fingerprint density at radius 2 is 1.85 bits per heavy atom. The monoisotopic (exact) mass is 277 g/mol. The largest absolute Gasteiger partial charge is 0.396 e. The summed E-state index contributed by atoms with van der Waals surface area (Å²) in [5, 5.41) is 1.49. The Balaban J connectivity index is 3.13. The highest BCUT2D eigenvalue weighted by atomic mass is 79.9. The lowest BCUT2D eigenvalue weighted by Gasteiger charge is -2.00. The SMILES string of the molecule is Nc1c(Cl)cc(C#CCBr)cc1Cl. The molecule has 0 saturated heterocycles. The second-order valence-corrected chi connectivity index (χ2v) is 3.66. The molecule has 0 spiro atoms. The molecule has 0 bridgehead atoms. The highest BCUT2D eigenvalue weighted by Gasteiger charge is 2.02. The Morgan fingerprint density at radius 3 is 2.31 bits per heavy atom. The van der Waals surface area contributed by atoms with E-state index >= 15 is 0 Å². The normalized spacial score (nSPS) is 9.15. The van der Waals surface area contributed by atoms with Crippen molar-refractivity contribution in [1.82, 2.24) is 0 Å². The van der Waals surface area contributed by atoms with E-state index in [0.717, 1.165) is 5.56 Å². The van der Waals surface area contributed by atoms with E-state index < -0.39 is 0 Å². The van der Waals surface area contributed by atoms with Gasteiger partial charge in [-0.3, -0.25) is 0 Å². The molecule has 0 radical (unpaired) electrons. The molecular formula is C9H6BrCl2N. The summed E-state index contributed by atoms with van der Waals surface area (Å²) in [6.07, 6.45) is 0. The fourth-order valence-corrected chi connectivity index (χ4v) is 1.42. The van der Waals surface area contributed by atoms with E-state index in [9.17, 15) is 0 Å². The van der Waals surface area contributed by atoms with Gasteiger partial charge in [0.25, 0.3) is 0 Å². The van der Waals surface area contributed by atoms with Crippen LogP contribution in [0.3, 0.4) is 0 Å². The molecule has 0 fully saturated rings. The highest BCUT2D eigenvalue weighted by molar-refractivity contribution is 9.09. The molecule has 0 aromatic heterocycles. The number of halogens is 3. The van der Waals surface area contributed by atoms with Crippen LogP contribution >= 0.6 is 39.1 Å². The molecule has 1 aromatic rings. The fraction of sp³-hybridized carbons (Fsp3) is 0.111. The van der Waals surface area contributed by atoms with E-state index in [1.54, 1.807) is 12.1 Å². The molecule has 4 heteroatoms. The third kappa shape index (κ3) is 2.80. The summed E-state index contributed by atoms with van der Waals surface area (Å²) in [7, 11) is 0. The van der Waals surface area contributed by atoms with Crippen molar-refractivity contribution in [2.24, 2.45) is 0 Å². The summed E-state index contributed by atoms with van der Waals surface area (Å²) in [6, 6.07) is 3.39. The maximum Gasteiger partial charge on any atom is 0.0693 e. The summed E-state index contributed by atoms with van der Waals surface area (Å²) >= 11 is 14.8. The average molecular weight is 279 g/mol. The maximum atomic E-state index is 5.81. The van der Waals surface area contributed by atoms with E-state index in [0.29, 0.717) is 21.1 Å². The molecule has 1 aromatic carbocycles. The molecule has 0 saturated carbocycles. The van der Waals surface area contributed by atoms with Gasteiger partial charge in [-0.1, -0.05) is 51.0 Å². The Hall–Kier alpha value is -0.360. The highest BCUT2D eigenvalue weighted by Crippen LogP contribution is 2.28. The molecule has 1 nitrogen and oxygen atoms in total. The van der Waals surface area contributed by atoms with E-state index in [1.807, 2.05) is 0 Å². The summed E-state index contributed by atoms with van der Waals surface area (Å²) in [6.45, 7) is 0. The summed E-state index contributed by atoms with van der Waals surface area (Å²) in [4.78, 5) is 0. The standard InChI is InChI=1S/C9H6BrCl2N/c10-3-1-2-6-4-7(11)9(13)8(12)5-6/h4-5H,3,13H2. The molecule has 0 aliphatic rings. The van der Waals surface area contributed by atoms with Crippen molar-refractivity contribution in [2.45, 2.75) is 0 Å². The average Bonchev–Trinajstić information content (AvgIpc) is 2.10. The van der Waals surface area contributed by atoms with Crippen molar-refractivity contribution in [3.63, 3.8) is 0 Å². The zero-order chi connectivity index (χ0) is 9.84. The predicted octanol–water partition coefficient (Wildman–Crippen LogP) is 3.32. The van der Waals surface area contributed by atoms with E-state index in [4.69, 9.17) is 28.9 Å². The predicted molar refractivity (Wildman–Crippen MR) is 61.5 cm³/mol. The minimum Gasteiger partial charge on any atom is -0.396 e. The van der Waals surface area contributed by atoms with Gasteiger partial charge in [0.1, 0.15) is 0 Å². The molecule has 13 heavy (non-hydrogen) atoms. The lowest BCUT2D eigenvalue weighted by atomic mass is 10.2. The van der Waals surface area contributed by atoms with Gasteiger partial charge >= 0.3 is 0 Å². The Labute approximate surface area is 95.3 Å². The minimum atomic E-state index is 0.396. The quantitative estimate of drug-likeness (QED) is 0.440. The molecule has 2 N–H and O–H groups in total. The Kier molecular flexibility index (Phi) is 3.92. The first-order chi connectivity index (χ1) is 6.15. The van der Waals surface area contributed by atoms with Crippen LogP contribution in [0.1, 0.15) is 5.56 Å². The molecule has 0 amide bonds. The third-order valence-electron chi connectivity index (χ3n) is 1.38. The van der Waals surface area contributed by atoms with Crippen LogP contribution in [0.5, 0.6) is 0 Å². The molecule has 0 heterocycles. The lowest BCUT2D eigenvalue weighted by Crippen LogP contribution is -1.88. The molecule has 1 rings (SSSR count). The van der Waals surface area contributed by atoms with Crippen molar-refractivity contribution < 1.29 is 0 Å². The molecule has 0 aliphatic heterocycles. The zero-order valence-corrected chi connectivity index (χ0v) is 9.67. The van der Waals surface area contributed by atoms with Crippen LogP contribution in [-0.2, 0) is 0 Å². The smallest absolute Gasteiger partial charge is 0.0693 e. The van der Waals surface area contributed by atoms with Gasteiger partial charge in [0.2, 0.25) is 0 Å². The number of hydrogen-bond acceptors (Lipinski definition) is 1. The second-order valence-electron chi connectivity index (χ2n) is 2.29. The van der Waals surface area contributed by atoms with Crippen molar-refractivity contribution >= 4 is 44.8 Å². The summed E-state index contributed by atoms with van der Waals surface area (Å²) < 4.78 is 0. The number of hydrogen-bond donors (Lipinski definition) is 1. The number of benzene rings is 1. The van der Waals surface area contributed by atoms with E-state index in [-0.39, 0.29) is 0 Å². The summed E-state index contributed by atoms with van der Waals surface area (Å²) in [5.74, 6) is 5.73. The molecule has 68 valence electrons. The van der Waals surface area contributed by atoms with Crippen molar-refractivity contribution in [1.29, 1.82) is 0 Å². The maximum absolute atomic E-state index is 5.81. The van der Waals surface area contributed by atoms with Crippen molar-refractivity contribution in [2.75, 3.05) is 11.1 Å². The molecule has 0 unspecified atom stereocenters. The second kappa shape index (κ2) is 4.76. The number of nitrogen functional groups attached to an aromatic ring is 1. The number of nitrogens with two attached hydrogens (primary N) is 1. The van der Waals surface area contributed by atoms with Gasteiger partial charge in [-0.15, -0.1) is 0 Å². The van der Waals surface area contributed by atoms with Crippen LogP contribution in [-0.4, -0.2) is 5.33 Å². The van der Waals surface area contributed by atoms with Gasteiger partial charge in [-0.05, 0) is 12.1 Å². The van der Waals surface area contributed by atoms with Crippen LogP contribution in [0, 0.1) is 11.8 Å². The van der Waals surface area contributed by atoms with Crippen LogP contribution < -0.4 is 5.73 Å². The topological polar surface area (TPSA) is 26.0 Å². The van der Waals surface area contributed by atoms with Crippen LogP contribution in [0.4, 0.5) is 5.69 Å². The van der Waals surface area contributed by atoms with Gasteiger partial charge < -0.3 is 5.73 Å². The fourth-order valence-electron chi connectivity index (χ4n) is 0.792. The van der Waals surface area contributed by atoms with Gasteiger partial charge in [0.05, 0.1) is 21.1 Å². The Morgan fingerprint density at radius 1 is 1.31 bits per heavy atom. The summed E-state index contributed by atoms with van der Waals surface area (Å²) in [5.41, 5.74) is 6.72. The number of anilines is 1. The van der Waals surface area contributed by atoms with E-state index in [2.05, 4.69) is 27.8 Å². The third-order valence-corrected chi connectivity index (χ3v) is 2.28. The van der Waals surface area contributed by atoms with Crippen molar-refractivity contribution in [3.05, 3.63) is 27.7 Å². The van der Waals surface area contributed by atoms with Gasteiger partial charge in [0.15, 0.2) is 0 Å². The van der Waals surface area contributed by atoms with Gasteiger partial charge in [-0.25, -0.2) is 0 Å². The van der Waals surface area contributed by atoms with Gasteiger partial charge in [0, 0.05) is 5.56 Å². The van der Waals surface area contributed by atoms with Crippen LogP contribution in [0.2, 0.25) is 10.0 Å². The van der Waals surface area contributed by atoms with E-state index in [1.165, 1.54) is 0 Å².